The second-order valence-corrected chi connectivity index (χ2v) is 4.85. The molecule has 20 heavy (non-hydrogen) atoms. The predicted octanol–water partition coefficient (Wildman–Crippen LogP) is 2.03. The van der Waals surface area contributed by atoms with E-state index in [2.05, 4.69) is 0 Å². The highest BCUT2D eigenvalue weighted by Crippen LogP contribution is 2.10. The molecule has 0 aromatic heterocycles. The molecule has 110 valence electrons. The average Bonchev–Trinajstić information content (AvgIpc) is 2.40. The van der Waals surface area contributed by atoms with E-state index in [1.165, 1.54) is 29.8 Å². The standard InChI is InChI=1S/C14H19FN2O3/c1-10(13(18)19)8-16(2)14(20)17(3)9-11-6-4-5-7-12(11)15/h4-7,10H,8-9H2,1-3H3,(H,18,19). The van der Waals surface area contributed by atoms with Gasteiger partial charge in [-0.05, 0) is 6.07 Å². The normalized spacial score (nSPS) is 11.8. The number of carbonyl (C=O) groups is 2. The number of carbonyl (C=O) groups excluding carboxylic acids is 1. The van der Waals surface area contributed by atoms with Crippen LogP contribution in [0.3, 0.4) is 0 Å². The van der Waals surface area contributed by atoms with Crippen molar-refractivity contribution < 1.29 is 19.1 Å². The van der Waals surface area contributed by atoms with Crippen LogP contribution in [0, 0.1) is 11.7 Å². The molecule has 0 spiro atoms. The fourth-order valence-corrected chi connectivity index (χ4v) is 1.81. The van der Waals surface area contributed by atoms with Crippen molar-refractivity contribution in [3.63, 3.8) is 0 Å². The van der Waals surface area contributed by atoms with E-state index >= 15 is 0 Å². The fraction of sp³-hybridized carbons (Fsp3) is 0.429. The van der Waals surface area contributed by atoms with Crippen LogP contribution in [0.4, 0.5) is 9.18 Å². The molecule has 0 aliphatic carbocycles. The smallest absolute Gasteiger partial charge is 0.319 e. The van der Waals surface area contributed by atoms with E-state index in [9.17, 15) is 14.0 Å². The zero-order chi connectivity index (χ0) is 15.3. The SMILES string of the molecule is CC(CN(C)C(=O)N(C)Cc1ccccc1F)C(=O)O. The van der Waals surface area contributed by atoms with Gasteiger partial charge >= 0.3 is 12.0 Å². The first-order valence-electron chi connectivity index (χ1n) is 6.25. The van der Waals surface area contributed by atoms with Crippen molar-refractivity contribution in [1.82, 2.24) is 9.80 Å². The van der Waals surface area contributed by atoms with Gasteiger partial charge in [0.1, 0.15) is 5.82 Å². The molecule has 0 radical (unpaired) electrons. The number of aliphatic carboxylic acids is 1. The van der Waals surface area contributed by atoms with Gasteiger partial charge in [0.05, 0.1) is 5.92 Å². The Kier molecular flexibility index (Phi) is 5.49. The van der Waals surface area contributed by atoms with Gasteiger partial charge in [0.15, 0.2) is 0 Å². The summed E-state index contributed by atoms with van der Waals surface area (Å²) in [6.07, 6.45) is 0. The number of hydrogen-bond donors (Lipinski definition) is 1. The van der Waals surface area contributed by atoms with E-state index in [-0.39, 0.29) is 24.9 Å². The Morgan fingerprint density at radius 2 is 1.85 bits per heavy atom. The van der Waals surface area contributed by atoms with E-state index in [4.69, 9.17) is 5.11 Å². The Morgan fingerprint density at radius 1 is 1.25 bits per heavy atom. The second kappa shape index (κ2) is 6.88. The van der Waals surface area contributed by atoms with Crippen LogP contribution in [-0.4, -0.2) is 47.5 Å². The molecule has 0 aliphatic heterocycles. The summed E-state index contributed by atoms with van der Waals surface area (Å²) in [5, 5.41) is 8.82. The van der Waals surface area contributed by atoms with E-state index in [0.717, 1.165) is 0 Å². The number of benzene rings is 1. The van der Waals surface area contributed by atoms with Crippen LogP contribution < -0.4 is 0 Å². The quantitative estimate of drug-likeness (QED) is 0.899. The third-order valence-electron chi connectivity index (χ3n) is 2.99. The Morgan fingerprint density at radius 3 is 2.40 bits per heavy atom. The van der Waals surface area contributed by atoms with Crippen molar-refractivity contribution in [1.29, 1.82) is 0 Å². The summed E-state index contributed by atoms with van der Waals surface area (Å²) >= 11 is 0. The lowest BCUT2D eigenvalue weighted by Crippen LogP contribution is -2.41. The molecule has 1 aromatic carbocycles. The number of nitrogens with zero attached hydrogens (tertiary/aromatic N) is 2. The number of hydrogen-bond acceptors (Lipinski definition) is 2. The lowest BCUT2D eigenvalue weighted by Gasteiger charge is -2.26. The minimum absolute atomic E-state index is 0.107. The first-order valence-corrected chi connectivity index (χ1v) is 6.25. The van der Waals surface area contributed by atoms with Crippen LogP contribution in [0.5, 0.6) is 0 Å². The topological polar surface area (TPSA) is 60.9 Å². The molecule has 0 heterocycles. The second-order valence-electron chi connectivity index (χ2n) is 4.85. The minimum Gasteiger partial charge on any atom is -0.481 e. The molecule has 1 unspecified atom stereocenters. The summed E-state index contributed by atoms with van der Waals surface area (Å²) in [6.45, 7) is 1.77. The van der Waals surface area contributed by atoms with E-state index in [1.807, 2.05) is 0 Å². The zero-order valence-corrected chi connectivity index (χ0v) is 11.8. The Labute approximate surface area is 117 Å². The third-order valence-corrected chi connectivity index (χ3v) is 2.99. The summed E-state index contributed by atoms with van der Waals surface area (Å²) in [5.74, 6) is -1.97. The number of carboxylic acid groups (broad SMARTS) is 1. The van der Waals surface area contributed by atoms with Crippen molar-refractivity contribution in [2.75, 3.05) is 20.6 Å². The highest BCUT2D eigenvalue weighted by molar-refractivity contribution is 5.75. The number of amides is 2. The molecule has 0 fully saturated rings. The summed E-state index contributed by atoms with van der Waals surface area (Å²) in [6, 6.07) is 5.89. The number of rotatable bonds is 5. The van der Waals surface area contributed by atoms with E-state index in [0.29, 0.717) is 5.56 Å². The van der Waals surface area contributed by atoms with Crippen LogP contribution in [0.25, 0.3) is 0 Å². The van der Waals surface area contributed by atoms with Crippen molar-refractivity contribution in [3.8, 4) is 0 Å². The Balaban J connectivity index is 2.63. The van der Waals surface area contributed by atoms with Crippen LogP contribution in [0.15, 0.2) is 24.3 Å². The molecule has 1 aromatic rings. The Hall–Kier alpha value is -2.11. The van der Waals surface area contributed by atoms with E-state index < -0.39 is 11.9 Å². The van der Waals surface area contributed by atoms with Crippen LogP contribution in [-0.2, 0) is 11.3 Å². The van der Waals surface area contributed by atoms with Gasteiger partial charge in [0, 0.05) is 32.7 Å². The number of urea groups is 1. The zero-order valence-electron chi connectivity index (χ0n) is 11.8. The molecular formula is C14H19FN2O3. The third kappa shape index (κ3) is 4.22. The highest BCUT2D eigenvalue weighted by atomic mass is 19.1. The summed E-state index contributed by atoms with van der Waals surface area (Å²) < 4.78 is 13.5. The molecule has 0 bridgehead atoms. The molecule has 2 amide bonds. The van der Waals surface area contributed by atoms with Gasteiger partial charge in [-0.25, -0.2) is 9.18 Å². The molecule has 5 nitrogen and oxygen atoms in total. The maximum absolute atomic E-state index is 13.5. The molecule has 6 heteroatoms. The highest BCUT2D eigenvalue weighted by Gasteiger charge is 2.20. The molecular weight excluding hydrogens is 263 g/mol. The number of carboxylic acids is 1. The maximum atomic E-state index is 13.5. The summed E-state index contributed by atoms with van der Waals surface area (Å²) in [7, 11) is 3.08. The molecule has 1 atom stereocenters. The van der Waals surface area contributed by atoms with Crippen molar-refractivity contribution in [2.24, 2.45) is 5.92 Å². The summed E-state index contributed by atoms with van der Waals surface area (Å²) in [5.41, 5.74) is 0.419. The van der Waals surface area contributed by atoms with Gasteiger partial charge < -0.3 is 14.9 Å². The predicted molar refractivity (Wildman–Crippen MR) is 72.7 cm³/mol. The lowest BCUT2D eigenvalue weighted by molar-refractivity contribution is -0.141. The molecule has 0 saturated heterocycles. The van der Waals surface area contributed by atoms with Gasteiger partial charge in [0.2, 0.25) is 0 Å². The van der Waals surface area contributed by atoms with Gasteiger partial charge in [-0.15, -0.1) is 0 Å². The Bertz CT molecular complexity index is 493. The van der Waals surface area contributed by atoms with Gasteiger partial charge in [0.25, 0.3) is 0 Å². The molecule has 0 saturated carbocycles. The molecule has 1 rings (SSSR count). The van der Waals surface area contributed by atoms with Crippen LogP contribution in [0.2, 0.25) is 0 Å². The lowest BCUT2D eigenvalue weighted by atomic mass is 10.2. The minimum atomic E-state index is -0.957. The van der Waals surface area contributed by atoms with Crippen molar-refractivity contribution >= 4 is 12.0 Å². The first-order chi connectivity index (χ1) is 9.32. The van der Waals surface area contributed by atoms with Crippen LogP contribution in [0.1, 0.15) is 12.5 Å². The van der Waals surface area contributed by atoms with Gasteiger partial charge in [-0.1, -0.05) is 25.1 Å². The molecule has 0 aliphatic rings. The average molecular weight is 282 g/mol. The monoisotopic (exact) mass is 282 g/mol. The van der Waals surface area contributed by atoms with Gasteiger partial charge in [-0.3, -0.25) is 4.79 Å². The molecule has 1 N–H and O–H groups in total. The fourth-order valence-electron chi connectivity index (χ4n) is 1.81. The van der Waals surface area contributed by atoms with E-state index in [1.54, 1.807) is 25.2 Å². The van der Waals surface area contributed by atoms with Crippen molar-refractivity contribution in [2.45, 2.75) is 13.5 Å². The first kappa shape index (κ1) is 15.9. The number of halogens is 1. The van der Waals surface area contributed by atoms with Crippen molar-refractivity contribution in [3.05, 3.63) is 35.6 Å². The largest absolute Gasteiger partial charge is 0.481 e. The summed E-state index contributed by atoms with van der Waals surface area (Å²) in [4.78, 5) is 25.5. The van der Waals surface area contributed by atoms with Gasteiger partial charge in [-0.2, -0.15) is 0 Å². The van der Waals surface area contributed by atoms with Crippen LogP contribution >= 0.6 is 0 Å². The maximum Gasteiger partial charge on any atom is 0.319 e.